The fourth-order valence-electron chi connectivity index (χ4n) is 1.61. The summed E-state index contributed by atoms with van der Waals surface area (Å²) >= 11 is 0. The average Bonchev–Trinajstić information content (AvgIpc) is 2.15. The molecule has 3 heteroatoms. The molecular weight excluding hydrogens is 193 g/mol. The van der Waals surface area contributed by atoms with Gasteiger partial charge in [0.1, 0.15) is 12.4 Å². The Morgan fingerprint density at radius 3 is 2.53 bits per heavy atom. The van der Waals surface area contributed by atoms with Crippen LogP contribution in [0, 0.1) is 0 Å². The van der Waals surface area contributed by atoms with Crippen molar-refractivity contribution in [2.45, 2.75) is 32.5 Å². The minimum absolute atomic E-state index is 0.337. The Kier molecular flexibility index (Phi) is 3.69. The summed E-state index contributed by atoms with van der Waals surface area (Å²) in [6.45, 7) is 3.33. The van der Waals surface area contributed by atoms with Crippen LogP contribution in [0.4, 0.5) is 4.39 Å². The zero-order valence-electron chi connectivity index (χ0n) is 9.51. The van der Waals surface area contributed by atoms with E-state index in [-0.39, 0.29) is 5.54 Å². The number of alkyl halides is 1. The van der Waals surface area contributed by atoms with Crippen molar-refractivity contribution in [2.24, 2.45) is 5.73 Å². The third kappa shape index (κ3) is 3.20. The number of ether oxygens (including phenoxy) is 1. The van der Waals surface area contributed by atoms with Gasteiger partial charge in [0.2, 0.25) is 0 Å². The molecule has 2 nitrogen and oxygen atoms in total. The van der Waals surface area contributed by atoms with Crippen molar-refractivity contribution in [3.63, 3.8) is 0 Å². The number of nitrogens with two attached hydrogens (primary N) is 1. The lowest BCUT2D eigenvalue weighted by Crippen LogP contribution is -2.34. The number of benzene rings is 1. The van der Waals surface area contributed by atoms with Crippen molar-refractivity contribution in [1.82, 2.24) is 0 Å². The topological polar surface area (TPSA) is 35.2 Å². The Morgan fingerprint density at radius 2 is 2.07 bits per heavy atom. The summed E-state index contributed by atoms with van der Waals surface area (Å²) in [6, 6.07) is 5.52. The van der Waals surface area contributed by atoms with Crippen molar-refractivity contribution >= 4 is 0 Å². The number of halogens is 1. The highest BCUT2D eigenvalue weighted by molar-refractivity contribution is 5.40. The number of rotatable bonds is 4. The zero-order chi connectivity index (χ0) is 11.5. The SMILES string of the molecule is COc1cccc(CC(C)(C)N)c1CF. The van der Waals surface area contributed by atoms with Crippen molar-refractivity contribution in [3.8, 4) is 5.75 Å². The van der Waals surface area contributed by atoms with Crippen LogP contribution < -0.4 is 10.5 Å². The van der Waals surface area contributed by atoms with Gasteiger partial charge in [-0.2, -0.15) is 0 Å². The molecule has 1 rings (SSSR count). The fraction of sp³-hybridized carbons (Fsp3) is 0.500. The van der Waals surface area contributed by atoms with Crippen LogP contribution in [0.5, 0.6) is 5.75 Å². The summed E-state index contributed by atoms with van der Waals surface area (Å²) in [7, 11) is 1.55. The van der Waals surface area contributed by atoms with E-state index >= 15 is 0 Å². The normalized spacial score (nSPS) is 11.5. The third-order valence-corrected chi connectivity index (χ3v) is 2.23. The second-order valence-electron chi connectivity index (χ2n) is 4.40. The Balaban J connectivity index is 3.06. The van der Waals surface area contributed by atoms with Gasteiger partial charge in [-0.3, -0.25) is 0 Å². The molecule has 0 radical (unpaired) electrons. The molecule has 0 aliphatic rings. The van der Waals surface area contributed by atoms with Gasteiger partial charge in [-0.1, -0.05) is 12.1 Å². The van der Waals surface area contributed by atoms with Crippen LogP contribution >= 0.6 is 0 Å². The lowest BCUT2D eigenvalue weighted by molar-refractivity contribution is 0.390. The molecule has 0 aromatic heterocycles. The standard InChI is InChI=1S/C12H18FNO/c1-12(2,14)7-9-5-4-6-11(15-3)10(9)8-13/h4-6H,7-8,14H2,1-3H3. The van der Waals surface area contributed by atoms with Gasteiger partial charge < -0.3 is 10.5 Å². The van der Waals surface area contributed by atoms with E-state index in [4.69, 9.17) is 10.5 Å². The first-order chi connectivity index (χ1) is 6.98. The van der Waals surface area contributed by atoms with E-state index in [9.17, 15) is 4.39 Å². The number of methoxy groups -OCH3 is 1. The first-order valence-corrected chi connectivity index (χ1v) is 4.97. The van der Waals surface area contributed by atoms with Crippen LogP contribution in [0.2, 0.25) is 0 Å². The Hall–Kier alpha value is -1.09. The average molecular weight is 211 g/mol. The van der Waals surface area contributed by atoms with Crippen LogP contribution in [-0.2, 0) is 13.1 Å². The molecular formula is C12H18FNO. The molecule has 0 saturated carbocycles. The third-order valence-electron chi connectivity index (χ3n) is 2.23. The van der Waals surface area contributed by atoms with E-state index in [0.29, 0.717) is 17.7 Å². The monoisotopic (exact) mass is 211 g/mol. The molecule has 1 aromatic carbocycles. The maximum absolute atomic E-state index is 12.9. The first kappa shape index (κ1) is 12.0. The Morgan fingerprint density at radius 1 is 1.40 bits per heavy atom. The largest absolute Gasteiger partial charge is 0.496 e. The molecule has 0 fully saturated rings. The first-order valence-electron chi connectivity index (χ1n) is 4.97. The molecule has 0 heterocycles. The van der Waals surface area contributed by atoms with Crippen LogP contribution in [0.1, 0.15) is 25.0 Å². The minimum atomic E-state index is -0.518. The molecule has 15 heavy (non-hydrogen) atoms. The molecule has 0 spiro atoms. The highest BCUT2D eigenvalue weighted by atomic mass is 19.1. The lowest BCUT2D eigenvalue weighted by Gasteiger charge is -2.20. The lowest BCUT2D eigenvalue weighted by atomic mass is 9.93. The van der Waals surface area contributed by atoms with E-state index in [1.165, 1.54) is 0 Å². The molecule has 0 amide bonds. The van der Waals surface area contributed by atoms with E-state index in [2.05, 4.69) is 0 Å². The van der Waals surface area contributed by atoms with Crippen LogP contribution in [-0.4, -0.2) is 12.6 Å². The van der Waals surface area contributed by atoms with Gasteiger partial charge in [0.05, 0.1) is 7.11 Å². The van der Waals surface area contributed by atoms with E-state index in [0.717, 1.165) is 5.56 Å². The predicted molar refractivity (Wildman–Crippen MR) is 59.8 cm³/mol. The van der Waals surface area contributed by atoms with Crippen molar-refractivity contribution in [3.05, 3.63) is 29.3 Å². The molecule has 0 bridgehead atoms. The molecule has 0 aliphatic heterocycles. The van der Waals surface area contributed by atoms with Gasteiger partial charge in [-0.25, -0.2) is 4.39 Å². The van der Waals surface area contributed by atoms with Gasteiger partial charge in [0.15, 0.2) is 0 Å². The summed E-state index contributed by atoms with van der Waals surface area (Å²) in [5.41, 5.74) is 7.11. The molecule has 2 N–H and O–H groups in total. The van der Waals surface area contributed by atoms with Crippen LogP contribution in [0.25, 0.3) is 0 Å². The highest BCUT2D eigenvalue weighted by Gasteiger charge is 2.16. The van der Waals surface area contributed by atoms with Crippen molar-refractivity contribution in [2.75, 3.05) is 7.11 Å². The van der Waals surface area contributed by atoms with Crippen LogP contribution in [0.3, 0.4) is 0 Å². The maximum Gasteiger partial charge on any atom is 0.124 e. The van der Waals surface area contributed by atoms with Crippen molar-refractivity contribution in [1.29, 1.82) is 0 Å². The highest BCUT2D eigenvalue weighted by Crippen LogP contribution is 2.25. The van der Waals surface area contributed by atoms with Gasteiger partial charge in [-0.15, -0.1) is 0 Å². The van der Waals surface area contributed by atoms with E-state index < -0.39 is 6.67 Å². The molecule has 0 unspecified atom stereocenters. The summed E-state index contributed by atoms with van der Waals surface area (Å²) in [5.74, 6) is 0.597. The zero-order valence-corrected chi connectivity index (χ0v) is 9.51. The maximum atomic E-state index is 12.9. The Labute approximate surface area is 90.2 Å². The van der Waals surface area contributed by atoms with Gasteiger partial charge >= 0.3 is 0 Å². The molecule has 1 aromatic rings. The predicted octanol–water partition coefficient (Wildman–Crippen LogP) is 2.44. The summed E-state index contributed by atoms with van der Waals surface area (Å²) in [4.78, 5) is 0. The number of hydrogen-bond donors (Lipinski definition) is 1. The molecule has 0 saturated heterocycles. The minimum Gasteiger partial charge on any atom is -0.496 e. The van der Waals surface area contributed by atoms with Crippen molar-refractivity contribution < 1.29 is 9.13 Å². The summed E-state index contributed by atoms with van der Waals surface area (Å²) in [6.07, 6.45) is 0.642. The van der Waals surface area contributed by atoms with E-state index in [1.807, 2.05) is 26.0 Å². The summed E-state index contributed by atoms with van der Waals surface area (Å²) in [5, 5.41) is 0. The fourth-order valence-corrected chi connectivity index (χ4v) is 1.61. The second kappa shape index (κ2) is 4.62. The van der Waals surface area contributed by atoms with Gasteiger partial charge in [0, 0.05) is 11.1 Å². The van der Waals surface area contributed by atoms with E-state index in [1.54, 1.807) is 13.2 Å². The Bertz CT molecular complexity index is 331. The summed E-state index contributed by atoms with van der Waals surface area (Å²) < 4.78 is 18.0. The number of hydrogen-bond acceptors (Lipinski definition) is 2. The van der Waals surface area contributed by atoms with Gasteiger partial charge in [-0.05, 0) is 31.9 Å². The van der Waals surface area contributed by atoms with Gasteiger partial charge in [0.25, 0.3) is 0 Å². The molecule has 84 valence electrons. The quantitative estimate of drug-likeness (QED) is 0.830. The molecule has 0 atom stereocenters. The van der Waals surface area contributed by atoms with Crippen LogP contribution in [0.15, 0.2) is 18.2 Å². The smallest absolute Gasteiger partial charge is 0.124 e. The molecule has 0 aliphatic carbocycles. The second-order valence-corrected chi connectivity index (χ2v) is 4.40.